The van der Waals surface area contributed by atoms with Crippen LogP contribution in [0.15, 0.2) is 41.2 Å². The normalized spacial score (nSPS) is 15.8. The van der Waals surface area contributed by atoms with Gasteiger partial charge < -0.3 is 9.47 Å². The smallest absolute Gasteiger partial charge is 0.274 e. The molecule has 0 bridgehead atoms. The summed E-state index contributed by atoms with van der Waals surface area (Å²) in [5, 5.41) is 2.99. The molecule has 0 aliphatic carbocycles. The van der Waals surface area contributed by atoms with E-state index in [1.54, 1.807) is 0 Å². The van der Waals surface area contributed by atoms with Crippen molar-refractivity contribution in [2.45, 2.75) is 25.6 Å². The number of rotatable bonds is 4. The summed E-state index contributed by atoms with van der Waals surface area (Å²) in [5.74, 6) is 0.967. The number of H-pyrrole nitrogens is 1. The standard InChI is InChI=1S/C17H18N4O3/c22-15-10-13(11-24-14-6-8-23-9-7-14)18-17-19-16(20-21(15)17)12-4-2-1-3-5-12/h1-5,10,14H,6-9,11H2,(H,18,19,20). The third kappa shape index (κ3) is 3.08. The number of ether oxygens (including phenoxy) is 2. The van der Waals surface area contributed by atoms with E-state index in [0.717, 1.165) is 31.6 Å². The Hall–Kier alpha value is -2.51. The fraction of sp³-hybridized carbons (Fsp3) is 0.353. The summed E-state index contributed by atoms with van der Waals surface area (Å²) in [4.78, 5) is 21.1. The van der Waals surface area contributed by atoms with Crippen molar-refractivity contribution >= 4 is 5.78 Å². The van der Waals surface area contributed by atoms with Crippen LogP contribution in [0.1, 0.15) is 18.5 Å². The highest BCUT2D eigenvalue weighted by molar-refractivity contribution is 5.56. The molecule has 1 saturated heterocycles. The van der Waals surface area contributed by atoms with Gasteiger partial charge in [0.25, 0.3) is 11.3 Å². The summed E-state index contributed by atoms with van der Waals surface area (Å²) in [6.45, 7) is 1.75. The minimum atomic E-state index is -0.194. The molecule has 124 valence electrons. The van der Waals surface area contributed by atoms with Crippen LogP contribution in [0, 0.1) is 0 Å². The monoisotopic (exact) mass is 326 g/mol. The lowest BCUT2D eigenvalue weighted by Crippen LogP contribution is -2.24. The third-order valence-electron chi connectivity index (χ3n) is 4.07. The van der Waals surface area contributed by atoms with E-state index >= 15 is 0 Å². The molecule has 2 aromatic heterocycles. The van der Waals surface area contributed by atoms with Crippen LogP contribution in [0.2, 0.25) is 0 Å². The van der Waals surface area contributed by atoms with E-state index in [0.29, 0.717) is 23.9 Å². The summed E-state index contributed by atoms with van der Waals surface area (Å²) < 4.78 is 12.5. The maximum Gasteiger partial charge on any atom is 0.274 e. The van der Waals surface area contributed by atoms with Crippen molar-refractivity contribution in [1.82, 2.24) is 19.6 Å². The van der Waals surface area contributed by atoms with E-state index in [4.69, 9.17) is 9.47 Å². The molecule has 24 heavy (non-hydrogen) atoms. The molecule has 0 unspecified atom stereocenters. The van der Waals surface area contributed by atoms with Gasteiger partial charge in [0.2, 0.25) is 0 Å². The van der Waals surface area contributed by atoms with E-state index in [1.807, 2.05) is 30.3 Å². The number of benzene rings is 1. The number of aromatic nitrogens is 4. The zero-order valence-electron chi connectivity index (χ0n) is 13.1. The van der Waals surface area contributed by atoms with Crippen LogP contribution in [-0.4, -0.2) is 38.9 Å². The highest BCUT2D eigenvalue weighted by atomic mass is 16.5. The molecular weight excluding hydrogens is 308 g/mol. The number of nitrogens with zero attached hydrogens (tertiary/aromatic N) is 3. The van der Waals surface area contributed by atoms with Crippen molar-refractivity contribution in [1.29, 1.82) is 0 Å². The minimum Gasteiger partial charge on any atom is -0.381 e. The number of aromatic amines is 1. The van der Waals surface area contributed by atoms with Gasteiger partial charge in [0.05, 0.1) is 18.4 Å². The molecule has 0 spiro atoms. The quantitative estimate of drug-likeness (QED) is 0.790. The molecule has 1 aromatic carbocycles. The maximum absolute atomic E-state index is 12.3. The summed E-state index contributed by atoms with van der Waals surface area (Å²) in [5.41, 5.74) is 1.31. The van der Waals surface area contributed by atoms with Crippen LogP contribution in [0.25, 0.3) is 17.2 Å². The van der Waals surface area contributed by atoms with E-state index in [1.165, 1.54) is 10.6 Å². The average Bonchev–Trinajstić information content (AvgIpc) is 3.06. The zero-order chi connectivity index (χ0) is 16.4. The van der Waals surface area contributed by atoms with Crippen LogP contribution < -0.4 is 5.56 Å². The van der Waals surface area contributed by atoms with Crippen LogP contribution in [0.4, 0.5) is 0 Å². The summed E-state index contributed by atoms with van der Waals surface area (Å²) in [6.07, 6.45) is 1.92. The SMILES string of the molecule is O=c1cc(COC2CCOCC2)nc2nc(-c3ccccc3)[nH]n12. The van der Waals surface area contributed by atoms with Crippen molar-refractivity contribution in [2.75, 3.05) is 13.2 Å². The van der Waals surface area contributed by atoms with E-state index in [2.05, 4.69) is 15.1 Å². The molecular formula is C17H18N4O3. The van der Waals surface area contributed by atoms with Gasteiger partial charge in [-0.15, -0.1) is 0 Å². The molecule has 1 aliphatic rings. The van der Waals surface area contributed by atoms with Crippen LogP contribution in [0.5, 0.6) is 0 Å². The van der Waals surface area contributed by atoms with Gasteiger partial charge in [0.15, 0.2) is 5.82 Å². The van der Waals surface area contributed by atoms with Gasteiger partial charge in [-0.1, -0.05) is 30.3 Å². The Morgan fingerprint density at radius 2 is 2.00 bits per heavy atom. The Kier molecular flexibility index (Phi) is 4.10. The molecule has 3 heterocycles. The second kappa shape index (κ2) is 6.54. The Balaban J connectivity index is 1.58. The van der Waals surface area contributed by atoms with Gasteiger partial charge in [-0.3, -0.25) is 9.89 Å². The van der Waals surface area contributed by atoms with Crippen molar-refractivity contribution in [3.8, 4) is 11.4 Å². The van der Waals surface area contributed by atoms with Crippen LogP contribution in [-0.2, 0) is 16.1 Å². The van der Waals surface area contributed by atoms with Gasteiger partial charge in [-0.2, -0.15) is 9.50 Å². The topological polar surface area (TPSA) is 81.5 Å². The first kappa shape index (κ1) is 15.0. The van der Waals surface area contributed by atoms with Crippen LogP contribution in [0.3, 0.4) is 0 Å². The molecule has 7 heteroatoms. The van der Waals surface area contributed by atoms with Crippen molar-refractivity contribution in [3.63, 3.8) is 0 Å². The molecule has 1 N–H and O–H groups in total. The second-order valence-electron chi connectivity index (χ2n) is 5.78. The second-order valence-corrected chi connectivity index (χ2v) is 5.78. The Bertz CT molecular complexity index is 882. The molecule has 3 aromatic rings. The Labute approximate surface area is 138 Å². The fourth-order valence-electron chi connectivity index (χ4n) is 2.77. The van der Waals surface area contributed by atoms with Gasteiger partial charge in [-0.25, -0.2) is 4.98 Å². The molecule has 0 radical (unpaired) electrons. The number of hydrogen-bond acceptors (Lipinski definition) is 5. The molecule has 0 saturated carbocycles. The molecule has 1 fully saturated rings. The van der Waals surface area contributed by atoms with E-state index in [-0.39, 0.29) is 11.7 Å². The first-order valence-electron chi connectivity index (χ1n) is 8.03. The highest BCUT2D eigenvalue weighted by Crippen LogP contribution is 2.15. The lowest BCUT2D eigenvalue weighted by Gasteiger charge is -2.22. The van der Waals surface area contributed by atoms with E-state index < -0.39 is 0 Å². The predicted octanol–water partition coefficient (Wildman–Crippen LogP) is 1.78. The zero-order valence-corrected chi connectivity index (χ0v) is 13.1. The molecule has 0 amide bonds. The van der Waals surface area contributed by atoms with Gasteiger partial charge in [0, 0.05) is 24.8 Å². The maximum atomic E-state index is 12.3. The minimum absolute atomic E-state index is 0.165. The summed E-state index contributed by atoms with van der Waals surface area (Å²) in [7, 11) is 0. The average molecular weight is 326 g/mol. The Morgan fingerprint density at radius 1 is 1.21 bits per heavy atom. The number of fused-ring (bicyclic) bond motifs is 1. The van der Waals surface area contributed by atoms with Crippen molar-refractivity contribution in [3.05, 3.63) is 52.4 Å². The first-order valence-corrected chi connectivity index (χ1v) is 8.03. The Morgan fingerprint density at radius 3 is 2.79 bits per heavy atom. The highest BCUT2D eigenvalue weighted by Gasteiger charge is 2.15. The largest absolute Gasteiger partial charge is 0.381 e. The first-order chi connectivity index (χ1) is 11.8. The molecule has 7 nitrogen and oxygen atoms in total. The van der Waals surface area contributed by atoms with Crippen LogP contribution >= 0.6 is 0 Å². The predicted molar refractivity (Wildman–Crippen MR) is 87.7 cm³/mol. The van der Waals surface area contributed by atoms with Gasteiger partial charge in [0.1, 0.15) is 0 Å². The lowest BCUT2D eigenvalue weighted by atomic mass is 10.1. The number of hydrogen-bond donors (Lipinski definition) is 1. The molecule has 4 rings (SSSR count). The fourth-order valence-corrected chi connectivity index (χ4v) is 2.77. The summed E-state index contributed by atoms with van der Waals surface area (Å²) >= 11 is 0. The van der Waals surface area contributed by atoms with Gasteiger partial charge in [-0.05, 0) is 12.8 Å². The summed E-state index contributed by atoms with van der Waals surface area (Å²) in [6, 6.07) is 11.1. The van der Waals surface area contributed by atoms with E-state index in [9.17, 15) is 4.79 Å². The van der Waals surface area contributed by atoms with Crippen molar-refractivity contribution < 1.29 is 9.47 Å². The van der Waals surface area contributed by atoms with Crippen molar-refractivity contribution in [2.24, 2.45) is 0 Å². The third-order valence-corrected chi connectivity index (χ3v) is 4.07. The molecule has 1 aliphatic heterocycles. The molecule has 0 atom stereocenters. The van der Waals surface area contributed by atoms with Gasteiger partial charge >= 0.3 is 0 Å². The number of nitrogens with one attached hydrogen (secondary N) is 1. The lowest BCUT2D eigenvalue weighted by molar-refractivity contribution is -0.0399.